The fraction of sp³-hybridized carbons (Fsp3) is 0.250. The van der Waals surface area contributed by atoms with E-state index in [0.29, 0.717) is 11.3 Å². The molecule has 0 amide bonds. The van der Waals surface area contributed by atoms with E-state index in [0.717, 1.165) is 5.56 Å². The molecule has 0 aliphatic rings. The molecule has 4 heteroatoms. The number of benzene rings is 2. The van der Waals surface area contributed by atoms with Crippen molar-refractivity contribution in [2.75, 3.05) is 6.61 Å². The number of ether oxygens (including phenoxy) is 1. The lowest BCUT2D eigenvalue weighted by Crippen LogP contribution is -2.13. The maximum absolute atomic E-state index is 13.3. The summed E-state index contributed by atoms with van der Waals surface area (Å²) in [4.78, 5) is 0. The van der Waals surface area contributed by atoms with E-state index in [1.807, 2.05) is 30.3 Å². The Hall–Kier alpha value is -1.91. The van der Waals surface area contributed by atoms with Gasteiger partial charge in [0.2, 0.25) is 0 Å². The number of aliphatic hydroxyl groups excluding tert-OH is 1. The normalized spacial score (nSPS) is 13.8. The summed E-state index contributed by atoms with van der Waals surface area (Å²) in [5, 5.41) is 10.0. The Kier molecular flexibility index (Phi) is 4.71. The summed E-state index contributed by atoms with van der Waals surface area (Å²) in [5.41, 5.74) is 7.29. The average Bonchev–Trinajstić information content (AvgIpc) is 2.45. The molecule has 106 valence electrons. The van der Waals surface area contributed by atoms with Crippen LogP contribution in [0.1, 0.15) is 30.2 Å². The van der Waals surface area contributed by atoms with Gasteiger partial charge in [0.05, 0.1) is 0 Å². The van der Waals surface area contributed by atoms with Crippen LogP contribution in [0.5, 0.6) is 5.75 Å². The summed E-state index contributed by atoms with van der Waals surface area (Å²) in [7, 11) is 0. The molecule has 3 N–H and O–H groups in total. The molecule has 0 saturated carbocycles. The number of halogens is 1. The van der Waals surface area contributed by atoms with Crippen molar-refractivity contribution in [2.45, 2.75) is 19.1 Å². The summed E-state index contributed by atoms with van der Waals surface area (Å²) in [6, 6.07) is 13.2. The third-order valence-electron chi connectivity index (χ3n) is 3.05. The zero-order chi connectivity index (χ0) is 14.5. The molecule has 2 rings (SSSR count). The Bertz CT molecular complexity index is 558. The molecule has 2 aromatic carbocycles. The van der Waals surface area contributed by atoms with E-state index in [-0.39, 0.29) is 12.6 Å². The van der Waals surface area contributed by atoms with Crippen molar-refractivity contribution in [1.82, 2.24) is 0 Å². The van der Waals surface area contributed by atoms with Crippen molar-refractivity contribution in [3.05, 3.63) is 65.5 Å². The van der Waals surface area contributed by atoms with Crippen molar-refractivity contribution in [3.8, 4) is 5.75 Å². The molecule has 2 aromatic rings. The number of hydrogen-bond donors (Lipinski definition) is 2. The molecule has 0 heterocycles. The molecule has 0 saturated heterocycles. The Morgan fingerprint density at radius 1 is 1.20 bits per heavy atom. The minimum atomic E-state index is -0.764. The molecule has 0 aromatic heterocycles. The zero-order valence-corrected chi connectivity index (χ0v) is 11.3. The van der Waals surface area contributed by atoms with Gasteiger partial charge < -0.3 is 15.6 Å². The van der Waals surface area contributed by atoms with E-state index in [4.69, 9.17) is 10.5 Å². The van der Waals surface area contributed by atoms with E-state index in [9.17, 15) is 9.50 Å². The van der Waals surface area contributed by atoms with E-state index >= 15 is 0 Å². The predicted octanol–water partition coefficient (Wildman–Crippen LogP) is 2.96. The zero-order valence-electron chi connectivity index (χ0n) is 11.3. The van der Waals surface area contributed by atoms with Crippen molar-refractivity contribution in [1.29, 1.82) is 0 Å². The number of rotatable bonds is 5. The van der Waals surface area contributed by atoms with Crippen LogP contribution in [0, 0.1) is 5.82 Å². The van der Waals surface area contributed by atoms with Crippen LogP contribution >= 0.6 is 0 Å². The van der Waals surface area contributed by atoms with Crippen molar-refractivity contribution >= 4 is 0 Å². The summed E-state index contributed by atoms with van der Waals surface area (Å²) in [6.45, 7) is 1.85. The van der Waals surface area contributed by atoms with E-state index in [2.05, 4.69) is 0 Å². The maximum atomic E-state index is 13.3. The predicted molar refractivity (Wildman–Crippen MR) is 75.9 cm³/mol. The standard InChI is InChI=1S/C16H18FNO2/c1-11(18)14-8-7-13(17)9-16(14)20-10-15(19)12-5-3-2-4-6-12/h2-9,11,15,19H,10,18H2,1H3/t11-,15?/m1/s1. The van der Waals surface area contributed by atoms with Gasteiger partial charge in [-0.15, -0.1) is 0 Å². The third-order valence-corrected chi connectivity index (χ3v) is 3.05. The summed E-state index contributed by atoms with van der Waals surface area (Å²) < 4.78 is 18.8. The van der Waals surface area contributed by atoms with Crippen LogP contribution in [0.25, 0.3) is 0 Å². The fourth-order valence-electron chi connectivity index (χ4n) is 1.95. The first-order valence-electron chi connectivity index (χ1n) is 6.48. The van der Waals surface area contributed by atoms with Gasteiger partial charge in [0.15, 0.2) is 0 Å². The first kappa shape index (κ1) is 14.5. The van der Waals surface area contributed by atoms with Crippen LogP contribution in [-0.2, 0) is 0 Å². The van der Waals surface area contributed by atoms with Gasteiger partial charge in [-0.25, -0.2) is 4.39 Å². The highest BCUT2D eigenvalue weighted by Gasteiger charge is 2.12. The smallest absolute Gasteiger partial charge is 0.127 e. The van der Waals surface area contributed by atoms with E-state index in [1.165, 1.54) is 12.1 Å². The van der Waals surface area contributed by atoms with Gasteiger partial charge in [0, 0.05) is 17.7 Å². The van der Waals surface area contributed by atoms with Crippen LogP contribution in [0.4, 0.5) is 4.39 Å². The summed E-state index contributed by atoms with van der Waals surface area (Å²) in [6.07, 6.45) is -0.764. The largest absolute Gasteiger partial charge is 0.490 e. The molecule has 1 unspecified atom stereocenters. The Morgan fingerprint density at radius 3 is 2.55 bits per heavy atom. The molecule has 3 nitrogen and oxygen atoms in total. The lowest BCUT2D eigenvalue weighted by atomic mass is 10.1. The topological polar surface area (TPSA) is 55.5 Å². The molecular formula is C16H18FNO2. The van der Waals surface area contributed by atoms with Gasteiger partial charge in [0.25, 0.3) is 0 Å². The summed E-state index contributed by atoms with van der Waals surface area (Å²) >= 11 is 0. The van der Waals surface area contributed by atoms with Crippen molar-refractivity contribution in [2.24, 2.45) is 5.73 Å². The molecule has 0 aliphatic carbocycles. The highest BCUT2D eigenvalue weighted by atomic mass is 19.1. The highest BCUT2D eigenvalue weighted by Crippen LogP contribution is 2.26. The Balaban J connectivity index is 2.09. The molecule has 0 radical (unpaired) electrons. The van der Waals surface area contributed by atoms with Gasteiger partial charge in [0.1, 0.15) is 24.3 Å². The highest BCUT2D eigenvalue weighted by molar-refractivity contribution is 5.36. The molecule has 2 atom stereocenters. The SMILES string of the molecule is C[C@@H](N)c1ccc(F)cc1OCC(O)c1ccccc1. The Morgan fingerprint density at radius 2 is 1.90 bits per heavy atom. The van der Waals surface area contributed by atoms with E-state index < -0.39 is 11.9 Å². The fourth-order valence-corrected chi connectivity index (χ4v) is 1.95. The number of nitrogens with two attached hydrogens (primary N) is 1. The Labute approximate surface area is 117 Å². The monoisotopic (exact) mass is 275 g/mol. The van der Waals surface area contributed by atoms with Crippen LogP contribution < -0.4 is 10.5 Å². The third kappa shape index (κ3) is 3.56. The quantitative estimate of drug-likeness (QED) is 0.882. The van der Waals surface area contributed by atoms with Crippen molar-refractivity contribution in [3.63, 3.8) is 0 Å². The van der Waals surface area contributed by atoms with Gasteiger partial charge in [-0.05, 0) is 18.6 Å². The second kappa shape index (κ2) is 6.50. The van der Waals surface area contributed by atoms with Crippen LogP contribution in [0.2, 0.25) is 0 Å². The second-order valence-corrected chi connectivity index (χ2v) is 4.71. The van der Waals surface area contributed by atoms with Gasteiger partial charge in [-0.3, -0.25) is 0 Å². The molecule has 0 aliphatic heterocycles. The van der Waals surface area contributed by atoms with Gasteiger partial charge in [-0.1, -0.05) is 36.4 Å². The lowest BCUT2D eigenvalue weighted by Gasteiger charge is -2.17. The van der Waals surface area contributed by atoms with Gasteiger partial charge >= 0.3 is 0 Å². The van der Waals surface area contributed by atoms with Crippen molar-refractivity contribution < 1.29 is 14.2 Å². The first-order chi connectivity index (χ1) is 9.58. The van der Waals surface area contributed by atoms with E-state index in [1.54, 1.807) is 13.0 Å². The molecule has 0 spiro atoms. The van der Waals surface area contributed by atoms with Crippen LogP contribution in [0.3, 0.4) is 0 Å². The first-order valence-corrected chi connectivity index (χ1v) is 6.48. The van der Waals surface area contributed by atoms with Gasteiger partial charge in [-0.2, -0.15) is 0 Å². The average molecular weight is 275 g/mol. The summed E-state index contributed by atoms with van der Waals surface area (Å²) in [5.74, 6) is -0.0198. The van der Waals surface area contributed by atoms with Crippen LogP contribution in [0.15, 0.2) is 48.5 Å². The second-order valence-electron chi connectivity index (χ2n) is 4.71. The van der Waals surface area contributed by atoms with Crippen LogP contribution in [-0.4, -0.2) is 11.7 Å². The molecular weight excluding hydrogens is 257 g/mol. The maximum Gasteiger partial charge on any atom is 0.127 e. The minimum absolute atomic E-state index is 0.0488. The lowest BCUT2D eigenvalue weighted by molar-refractivity contribution is 0.107. The molecule has 0 fully saturated rings. The minimum Gasteiger partial charge on any atom is -0.490 e. The number of aliphatic hydroxyl groups is 1. The molecule has 20 heavy (non-hydrogen) atoms. The molecule has 0 bridgehead atoms. The number of hydrogen-bond acceptors (Lipinski definition) is 3.